The van der Waals surface area contributed by atoms with E-state index in [1.807, 2.05) is 0 Å². The Balaban J connectivity index is 1.86. The number of nitrogens with two attached hydrogens (primary N) is 1. The summed E-state index contributed by atoms with van der Waals surface area (Å²) in [6.45, 7) is 0. The summed E-state index contributed by atoms with van der Waals surface area (Å²) in [6.07, 6.45) is 3.24. The largest absolute Gasteiger partial charge is 0.481 e. The maximum absolute atomic E-state index is 14.3. The van der Waals surface area contributed by atoms with Crippen molar-refractivity contribution in [3.8, 4) is 0 Å². The second kappa shape index (κ2) is 5.89. The van der Waals surface area contributed by atoms with Gasteiger partial charge < -0.3 is 20.9 Å². The molecule has 1 fully saturated rings. The van der Waals surface area contributed by atoms with Crippen LogP contribution in [0.1, 0.15) is 48.3 Å². The molecule has 5 N–H and O–H groups in total. The number of halogens is 1. The van der Waals surface area contributed by atoms with Crippen LogP contribution in [0.4, 0.5) is 4.39 Å². The first-order valence-electron chi connectivity index (χ1n) is 8.02. The minimum absolute atomic E-state index is 0.149. The fourth-order valence-corrected chi connectivity index (χ4v) is 3.70. The summed E-state index contributed by atoms with van der Waals surface area (Å²) in [4.78, 5) is 11.7. The van der Waals surface area contributed by atoms with Gasteiger partial charge in [0.2, 0.25) is 0 Å². The van der Waals surface area contributed by atoms with E-state index in [0.717, 1.165) is 18.4 Å². The summed E-state index contributed by atoms with van der Waals surface area (Å²) in [6, 6.07) is 3.09. The van der Waals surface area contributed by atoms with Crippen molar-refractivity contribution >= 4 is 13.1 Å². The molecule has 2 atom stereocenters. The number of hydrogen-bond donors (Lipinski definition) is 4. The Bertz CT molecular complexity index is 633. The number of hydrogen-bond acceptors (Lipinski definition) is 4. The van der Waals surface area contributed by atoms with Gasteiger partial charge in [-0.2, -0.15) is 0 Å². The molecule has 0 bridgehead atoms. The number of rotatable bonds is 6. The van der Waals surface area contributed by atoms with Crippen LogP contribution >= 0.6 is 0 Å². The molecule has 3 rings (SSSR count). The van der Waals surface area contributed by atoms with E-state index in [1.165, 1.54) is 6.07 Å². The maximum Gasteiger partial charge on any atom is 0.451 e. The van der Waals surface area contributed by atoms with E-state index in [0.29, 0.717) is 30.4 Å². The standard InChI is InChI=1S/C16H21BFNO4/c18-13-7-10-6-9(2-1-5-17(22)23)14(15(20)21)11(10)8-12(13)16(19)3-4-16/h7-9,14,22-23H,1-6,19H2,(H,20,21). The minimum Gasteiger partial charge on any atom is -0.481 e. The molecule has 1 aromatic rings. The zero-order valence-corrected chi connectivity index (χ0v) is 12.8. The highest BCUT2D eigenvalue weighted by Gasteiger charge is 2.45. The van der Waals surface area contributed by atoms with Crippen LogP contribution in [0.5, 0.6) is 0 Å². The monoisotopic (exact) mass is 321 g/mol. The lowest BCUT2D eigenvalue weighted by molar-refractivity contribution is -0.139. The Morgan fingerprint density at radius 2 is 2.09 bits per heavy atom. The molecule has 0 aromatic heterocycles. The average Bonchev–Trinajstić information content (AvgIpc) is 3.08. The van der Waals surface area contributed by atoms with Crippen LogP contribution in [-0.4, -0.2) is 28.2 Å². The van der Waals surface area contributed by atoms with Gasteiger partial charge in [-0.25, -0.2) is 4.39 Å². The van der Waals surface area contributed by atoms with Crippen molar-refractivity contribution < 1.29 is 24.3 Å². The van der Waals surface area contributed by atoms with Crippen molar-refractivity contribution in [2.45, 2.75) is 49.9 Å². The molecule has 2 aliphatic carbocycles. The molecule has 7 heteroatoms. The predicted molar refractivity (Wildman–Crippen MR) is 83.3 cm³/mol. The third kappa shape index (κ3) is 3.13. The molecule has 2 unspecified atom stereocenters. The Morgan fingerprint density at radius 3 is 2.65 bits per heavy atom. The van der Waals surface area contributed by atoms with Gasteiger partial charge in [-0.3, -0.25) is 4.79 Å². The molecule has 0 spiro atoms. The third-order valence-electron chi connectivity index (χ3n) is 5.15. The Hall–Kier alpha value is -1.44. The Morgan fingerprint density at radius 1 is 1.39 bits per heavy atom. The number of carboxylic acids is 1. The minimum atomic E-state index is -1.38. The molecule has 0 aliphatic heterocycles. The van der Waals surface area contributed by atoms with E-state index in [9.17, 15) is 14.3 Å². The van der Waals surface area contributed by atoms with E-state index in [-0.39, 0.29) is 18.1 Å². The van der Waals surface area contributed by atoms with Crippen LogP contribution in [0.3, 0.4) is 0 Å². The molecule has 23 heavy (non-hydrogen) atoms. The van der Waals surface area contributed by atoms with Gasteiger partial charge in [-0.1, -0.05) is 6.42 Å². The molecule has 1 aromatic carbocycles. The van der Waals surface area contributed by atoms with Crippen LogP contribution in [0.25, 0.3) is 0 Å². The molecule has 1 saturated carbocycles. The first-order valence-corrected chi connectivity index (χ1v) is 8.02. The van der Waals surface area contributed by atoms with Crippen molar-refractivity contribution in [1.29, 1.82) is 0 Å². The highest BCUT2D eigenvalue weighted by Crippen LogP contribution is 2.48. The molecule has 0 amide bonds. The predicted octanol–water partition coefficient (Wildman–Crippen LogP) is 1.37. The molecular weight excluding hydrogens is 300 g/mol. The second-order valence-electron chi connectivity index (χ2n) is 6.88. The molecule has 0 radical (unpaired) electrons. The third-order valence-corrected chi connectivity index (χ3v) is 5.15. The summed E-state index contributed by atoms with van der Waals surface area (Å²) in [5.74, 6) is -2.09. The number of carbonyl (C=O) groups is 1. The molecule has 124 valence electrons. The number of benzene rings is 1. The van der Waals surface area contributed by atoms with E-state index in [1.54, 1.807) is 6.07 Å². The topological polar surface area (TPSA) is 104 Å². The summed E-state index contributed by atoms with van der Waals surface area (Å²) < 4.78 is 14.3. The number of carboxylic acid groups (broad SMARTS) is 1. The van der Waals surface area contributed by atoms with Gasteiger partial charge in [-0.05, 0) is 61.2 Å². The number of aliphatic carboxylic acids is 1. The molecular formula is C16H21BFNO4. The lowest BCUT2D eigenvalue weighted by Gasteiger charge is -2.17. The molecule has 0 heterocycles. The zero-order chi connectivity index (χ0) is 16.8. The van der Waals surface area contributed by atoms with Gasteiger partial charge in [0.25, 0.3) is 0 Å². The van der Waals surface area contributed by atoms with Gasteiger partial charge >= 0.3 is 13.1 Å². The summed E-state index contributed by atoms with van der Waals surface area (Å²) in [5, 5.41) is 27.4. The van der Waals surface area contributed by atoms with Crippen LogP contribution in [0.15, 0.2) is 12.1 Å². The fraction of sp³-hybridized carbons (Fsp3) is 0.562. The molecule has 2 aliphatic rings. The Kier molecular flexibility index (Phi) is 4.20. The van der Waals surface area contributed by atoms with E-state index >= 15 is 0 Å². The first-order chi connectivity index (χ1) is 10.8. The van der Waals surface area contributed by atoms with Crippen molar-refractivity contribution in [2.75, 3.05) is 0 Å². The number of fused-ring (bicyclic) bond motifs is 1. The summed E-state index contributed by atoms with van der Waals surface area (Å²) in [5.41, 5.74) is 7.28. The molecule has 0 saturated heterocycles. The van der Waals surface area contributed by atoms with Crippen LogP contribution in [-0.2, 0) is 16.8 Å². The summed E-state index contributed by atoms with van der Waals surface area (Å²) in [7, 11) is -1.38. The first kappa shape index (κ1) is 16.4. The quantitative estimate of drug-likeness (QED) is 0.593. The normalized spacial score (nSPS) is 24.3. The van der Waals surface area contributed by atoms with Crippen molar-refractivity contribution in [1.82, 2.24) is 0 Å². The van der Waals surface area contributed by atoms with Gasteiger partial charge in [0.15, 0.2) is 0 Å². The Labute approximate surface area is 134 Å². The van der Waals surface area contributed by atoms with Crippen molar-refractivity contribution in [3.63, 3.8) is 0 Å². The lowest BCUT2D eigenvalue weighted by Crippen LogP contribution is -2.22. The SMILES string of the molecule is NC1(c2cc3c(cc2F)CC(CCCB(O)O)C3C(=O)O)CC1. The zero-order valence-electron chi connectivity index (χ0n) is 12.8. The van der Waals surface area contributed by atoms with Gasteiger partial charge in [0.1, 0.15) is 5.82 Å². The van der Waals surface area contributed by atoms with Gasteiger partial charge in [0, 0.05) is 11.1 Å². The highest BCUT2D eigenvalue weighted by atomic mass is 19.1. The van der Waals surface area contributed by atoms with Gasteiger partial charge in [-0.15, -0.1) is 0 Å². The van der Waals surface area contributed by atoms with Crippen molar-refractivity contribution in [3.05, 3.63) is 34.6 Å². The summed E-state index contributed by atoms with van der Waals surface area (Å²) >= 11 is 0. The average molecular weight is 321 g/mol. The lowest BCUT2D eigenvalue weighted by atomic mass is 9.80. The van der Waals surface area contributed by atoms with Crippen LogP contribution in [0, 0.1) is 11.7 Å². The second-order valence-corrected chi connectivity index (χ2v) is 6.88. The van der Waals surface area contributed by atoms with E-state index < -0.39 is 24.5 Å². The highest BCUT2D eigenvalue weighted by molar-refractivity contribution is 6.40. The fourth-order valence-electron chi connectivity index (χ4n) is 3.70. The molecule has 5 nitrogen and oxygen atoms in total. The smallest absolute Gasteiger partial charge is 0.451 e. The van der Waals surface area contributed by atoms with Crippen LogP contribution in [0.2, 0.25) is 6.32 Å². The van der Waals surface area contributed by atoms with E-state index in [2.05, 4.69) is 0 Å². The van der Waals surface area contributed by atoms with Gasteiger partial charge in [0.05, 0.1) is 5.92 Å². The van der Waals surface area contributed by atoms with Crippen LogP contribution < -0.4 is 5.73 Å². The van der Waals surface area contributed by atoms with Crippen molar-refractivity contribution in [2.24, 2.45) is 11.7 Å². The maximum atomic E-state index is 14.3. The van der Waals surface area contributed by atoms with E-state index in [4.69, 9.17) is 15.8 Å².